The molecule has 0 radical (unpaired) electrons. The SMILES string of the molecule is COc1ccc(OC)c(NC(=O)C(=O)N/N=C\c2cc(C)n(-c3ccccc3C)c2C)c1. The number of hydrazone groups is 1. The topological polar surface area (TPSA) is 93.9 Å². The van der Waals surface area contributed by atoms with Crippen molar-refractivity contribution < 1.29 is 19.1 Å². The van der Waals surface area contributed by atoms with Gasteiger partial charge in [-0.15, -0.1) is 0 Å². The summed E-state index contributed by atoms with van der Waals surface area (Å²) in [4.78, 5) is 24.5. The van der Waals surface area contributed by atoms with Gasteiger partial charge >= 0.3 is 11.8 Å². The number of nitrogens with one attached hydrogen (secondary N) is 2. The minimum absolute atomic E-state index is 0.317. The molecule has 2 N–H and O–H groups in total. The van der Waals surface area contributed by atoms with Gasteiger partial charge in [-0.25, -0.2) is 5.43 Å². The number of para-hydroxylation sites is 1. The molecule has 0 unspecified atom stereocenters. The predicted octanol–water partition coefficient (Wildman–Crippen LogP) is 3.51. The van der Waals surface area contributed by atoms with Gasteiger partial charge in [-0.1, -0.05) is 18.2 Å². The van der Waals surface area contributed by atoms with E-state index < -0.39 is 11.8 Å². The van der Waals surface area contributed by atoms with E-state index in [1.165, 1.54) is 20.4 Å². The van der Waals surface area contributed by atoms with Gasteiger partial charge in [0.05, 0.1) is 26.1 Å². The van der Waals surface area contributed by atoms with E-state index >= 15 is 0 Å². The molecule has 3 aromatic rings. The number of rotatable bonds is 6. The highest BCUT2D eigenvalue weighted by molar-refractivity contribution is 6.39. The maximum absolute atomic E-state index is 12.3. The molecule has 2 amide bonds. The van der Waals surface area contributed by atoms with Gasteiger partial charge in [0.1, 0.15) is 11.5 Å². The van der Waals surface area contributed by atoms with Crippen molar-refractivity contribution in [2.45, 2.75) is 20.8 Å². The summed E-state index contributed by atoms with van der Waals surface area (Å²) in [6.45, 7) is 6.03. The molecule has 32 heavy (non-hydrogen) atoms. The summed E-state index contributed by atoms with van der Waals surface area (Å²) in [6, 6.07) is 14.9. The van der Waals surface area contributed by atoms with Crippen LogP contribution in [0.5, 0.6) is 11.5 Å². The second kappa shape index (κ2) is 9.82. The number of aromatic nitrogens is 1. The van der Waals surface area contributed by atoms with Gasteiger partial charge in [0.2, 0.25) is 0 Å². The van der Waals surface area contributed by atoms with E-state index in [1.54, 1.807) is 18.2 Å². The lowest BCUT2D eigenvalue weighted by Gasteiger charge is -2.12. The lowest BCUT2D eigenvalue weighted by molar-refractivity contribution is -0.136. The molecule has 0 fully saturated rings. The fourth-order valence-electron chi connectivity index (χ4n) is 3.41. The largest absolute Gasteiger partial charge is 0.497 e. The fraction of sp³-hybridized carbons (Fsp3) is 0.208. The molecular formula is C24H26N4O4. The summed E-state index contributed by atoms with van der Waals surface area (Å²) in [6.07, 6.45) is 1.52. The number of anilines is 1. The Labute approximate surface area is 186 Å². The van der Waals surface area contributed by atoms with E-state index in [2.05, 4.69) is 39.5 Å². The normalized spacial score (nSPS) is 10.8. The number of hydrogen-bond acceptors (Lipinski definition) is 5. The molecule has 0 bridgehead atoms. The molecule has 8 nitrogen and oxygen atoms in total. The lowest BCUT2D eigenvalue weighted by Crippen LogP contribution is -2.32. The lowest BCUT2D eigenvalue weighted by atomic mass is 10.2. The predicted molar refractivity (Wildman–Crippen MR) is 124 cm³/mol. The van der Waals surface area contributed by atoms with Gasteiger partial charge in [-0.05, 0) is 50.6 Å². The quantitative estimate of drug-likeness (QED) is 0.353. The Morgan fingerprint density at radius 2 is 1.72 bits per heavy atom. The average Bonchev–Trinajstić information content (AvgIpc) is 3.06. The third-order valence-electron chi connectivity index (χ3n) is 5.06. The molecule has 1 heterocycles. The first-order valence-corrected chi connectivity index (χ1v) is 9.97. The molecule has 166 valence electrons. The number of methoxy groups -OCH3 is 2. The molecule has 2 aromatic carbocycles. The summed E-state index contributed by atoms with van der Waals surface area (Å²) in [7, 11) is 2.97. The molecule has 0 aliphatic carbocycles. The Morgan fingerprint density at radius 1 is 0.969 bits per heavy atom. The first-order chi connectivity index (χ1) is 15.3. The monoisotopic (exact) mass is 434 g/mol. The maximum atomic E-state index is 12.3. The molecule has 3 rings (SSSR count). The Morgan fingerprint density at radius 3 is 2.41 bits per heavy atom. The van der Waals surface area contributed by atoms with Gasteiger partial charge < -0.3 is 19.4 Å². The van der Waals surface area contributed by atoms with Gasteiger partial charge in [0.25, 0.3) is 0 Å². The highest BCUT2D eigenvalue weighted by Gasteiger charge is 2.16. The van der Waals surface area contributed by atoms with Crippen LogP contribution in [0.15, 0.2) is 53.6 Å². The summed E-state index contributed by atoms with van der Waals surface area (Å²) in [5, 5.41) is 6.46. The standard InChI is InChI=1S/C24H26N4O4/c1-15-8-6-7-9-21(15)28-16(2)12-18(17(28)3)14-25-27-24(30)23(29)26-20-13-19(31-4)10-11-22(20)32-5/h6-14H,1-5H3,(H,26,29)(H,27,30)/b25-14-. The summed E-state index contributed by atoms with van der Waals surface area (Å²) >= 11 is 0. The zero-order chi connectivity index (χ0) is 23.3. The van der Waals surface area contributed by atoms with Crippen LogP contribution in [-0.2, 0) is 9.59 Å². The number of hydrogen-bond donors (Lipinski definition) is 2. The highest BCUT2D eigenvalue weighted by atomic mass is 16.5. The van der Waals surface area contributed by atoms with Gasteiger partial charge in [0, 0.05) is 28.7 Å². The van der Waals surface area contributed by atoms with Crippen LogP contribution in [-0.4, -0.2) is 36.8 Å². The molecule has 0 aliphatic rings. The van der Waals surface area contributed by atoms with E-state index in [9.17, 15) is 9.59 Å². The second-order valence-corrected chi connectivity index (χ2v) is 7.17. The van der Waals surface area contributed by atoms with Crippen LogP contribution in [0.3, 0.4) is 0 Å². The highest BCUT2D eigenvalue weighted by Crippen LogP contribution is 2.28. The Kier molecular flexibility index (Phi) is 6.94. The van der Waals surface area contributed by atoms with E-state index in [0.717, 1.165) is 28.2 Å². The summed E-state index contributed by atoms with van der Waals surface area (Å²) < 4.78 is 12.5. The Balaban J connectivity index is 1.70. The molecule has 0 saturated heterocycles. The number of carbonyl (C=O) groups is 2. The van der Waals surface area contributed by atoms with E-state index in [-0.39, 0.29) is 0 Å². The first-order valence-electron chi connectivity index (χ1n) is 9.97. The number of amides is 2. The van der Waals surface area contributed by atoms with Crippen LogP contribution in [0.1, 0.15) is 22.5 Å². The summed E-state index contributed by atoms with van der Waals surface area (Å²) in [5.74, 6) is -0.861. The number of carbonyl (C=O) groups excluding carboxylic acids is 2. The van der Waals surface area contributed by atoms with Crippen molar-refractivity contribution in [3.63, 3.8) is 0 Å². The van der Waals surface area contributed by atoms with Gasteiger partial charge in [-0.2, -0.15) is 5.10 Å². The van der Waals surface area contributed by atoms with Crippen molar-refractivity contribution in [1.29, 1.82) is 0 Å². The second-order valence-electron chi connectivity index (χ2n) is 7.17. The van der Waals surface area contributed by atoms with Crippen LogP contribution in [0.25, 0.3) is 5.69 Å². The Hall–Kier alpha value is -4.07. The average molecular weight is 434 g/mol. The maximum Gasteiger partial charge on any atom is 0.329 e. The smallest absolute Gasteiger partial charge is 0.329 e. The first kappa shape index (κ1) is 22.6. The number of nitrogens with zero attached hydrogens (tertiary/aromatic N) is 2. The molecule has 0 saturated carbocycles. The van der Waals surface area contributed by atoms with E-state index in [1.807, 2.05) is 32.0 Å². The van der Waals surface area contributed by atoms with Crippen LogP contribution in [0.2, 0.25) is 0 Å². The van der Waals surface area contributed by atoms with Crippen molar-refractivity contribution in [2.75, 3.05) is 19.5 Å². The molecule has 1 aromatic heterocycles. The third-order valence-corrected chi connectivity index (χ3v) is 5.06. The molecule has 0 atom stereocenters. The van der Waals surface area contributed by atoms with Crippen molar-refractivity contribution in [3.8, 4) is 17.2 Å². The molecule has 0 spiro atoms. The van der Waals surface area contributed by atoms with Crippen LogP contribution in [0.4, 0.5) is 5.69 Å². The fourth-order valence-corrected chi connectivity index (χ4v) is 3.41. The zero-order valence-corrected chi connectivity index (χ0v) is 18.7. The molecular weight excluding hydrogens is 408 g/mol. The van der Waals surface area contributed by atoms with Crippen molar-refractivity contribution in [1.82, 2.24) is 9.99 Å². The third kappa shape index (κ3) is 4.80. The molecule has 0 aliphatic heterocycles. The number of benzene rings is 2. The Bertz CT molecular complexity index is 1180. The van der Waals surface area contributed by atoms with E-state index in [4.69, 9.17) is 9.47 Å². The van der Waals surface area contributed by atoms with E-state index in [0.29, 0.717) is 17.2 Å². The zero-order valence-electron chi connectivity index (χ0n) is 18.7. The number of ether oxygens (including phenoxy) is 2. The van der Waals surface area contributed by atoms with Gasteiger partial charge in [-0.3, -0.25) is 9.59 Å². The van der Waals surface area contributed by atoms with Crippen molar-refractivity contribution >= 4 is 23.7 Å². The minimum Gasteiger partial charge on any atom is -0.497 e. The van der Waals surface area contributed by atoms with Crippen LogP contribution < -0.4 is 20.2 Å². The minimum atomic E-state index is -0.904. The van der Waals surface area contributed by atoms with Crippen molar-refractivity contribution in [2.24, 2.45) is 5.10 Å². The molecule has 8 heteroatoms. The van der Waals surface area contributed by atoms with Crippen LogP contribution in [0, 0.1) is 20.8 Å². The summed E-state index contributed by atoms with van der Waals surface area (Å²) in [5.41, 5.74) is 7.65. The number of aryl methyl sites for hydroxylation is 2. The van der Waals surface area contributed by atoms with Gasteiger partial charge in [0.15, 0.2) is 0 Å². The van der Waals surface area contributed by atoms with Crippen LogP contribution >= 0.6 is 0 Å². The van der Waals surface area contributed by atoms with Crippen molar-refractivity contribution in [3.05, 3.63) is 71.0 Å².